The fourth-order valence-electron chi connectivity index (χ4n) is 1.58. The van der Waals surface area contributed by atoms with Gasteiger partial charge in [0.05, 0.1) is 12.3 Å². The van der Waals surface area contributed by atoms with Crippen molar-refractivity contribution in [3.63, 3.8) is 0 Å². The highest BCUT2D eigenvalue weighted by Crippen LogP contribution is 2.26. The van der Waals surface area contributed by atoms with E-state index in [4.69, 9.17) is 4.74 Å². The molecular formula is C12H20BrN3O2S. The maximum atomic E-state index is 12.5. The number of ether oxygens (including phenoxy) is 1. The van der Waals surface area contributed by atoms with Crippen LogP contribution in [0, 0.1) is 0 Å². The molecule has 0 spiro atoms. The first-order valence-corrected chi connectivity index (χ1v) is 7.98. The van der Waals surface area contributed by atoms with Gasteiger partial charge in [0.2, 0.25) is 0 Å². The van der Waals surface area contributed by atoms with Crippen LogP contribution in [0.3, 0.4) is 0 Å². The molecular weight excluding hydrogens is 330 g/mol. The van der Waals surface area contributed by atoms with Gasteiger partial charge in [-0.15, -0.1) is 5.10 Å². The monoisotopic (exact) mass is 349 g/mol. The average Bonchev–Trinajstić information content (AvgIpc) is 2.82. The number of aromatic nitrogens is 2. The normalized spacial score (nSPS) is 11.6. The number of alkyl halides is 1. The third-order valence-electron chi connectivity index (χ3n) is 2.60. The van der Waals surface area contributed by atoms with Crippen molar-refractivity contribution in [1.82, 2.24) is 14.5 Å². The van der Waals surface area contributed by atoms with Gasteiger partial charge in [0, 0.05) is 30.9 Å². The van der Waals surface area contributed by atoms with Gasteiger partial charge in [-0.25, -0.2) is 0 Å². The molecule has 0 saturated heterocycles. The van der Waals surface area contributed by atoms with Crippen LogP contribution in [0.25, 0.3) is 0 Å². The molecule has 1 rings (SSSR count). The molecule has 0 unspecified atom stereocenters. The predicted molar refractivity (Wildman–Crippen MR) is 80.2 cm³/mol. The van der Waals surface area contributed by atoms with Crippen LogP contribution in [0.15, 0.2) is 0 Å². The number of nitrogens with zero attached hydrogens (tertiary/aromatic N) is 3. The fourth-order valence-corrected chi connectivity index (χ4v) is 2.86. The van der Waals surface area contributed by atoms with Crippen LogP contribution >= 0.6 is 27.5 Å². The SMILES string of the molecule is COCCN(CCBr)C(=O)c1snnc1C(C)(C)C. The summed E-state index contributed by atoms with van der Waals surface area (Å²) in [5.41, 5.74) is 0.582. The molecule has 0 fully saturated rings. The van der Waals surface area contributed by atoms with Crippen LogP contribution in [0.2, 0.25) is 0 Å². The molecule has 1 heterocycles. The summed E-state index contributed by atoms with van der Waals surface area (Å²) in [6, 6.07) is 0. The maximum Gasteiger partial charge on any atom is 0.267 e. The summed E-state index contributed by atoms with van der Waals surface area (Å²) in [5, 5.41) is 4.85. The summed E-state index contributed by atoms with van der Waals surface area (Å²) < 4.78 is 8.98. The Kier molecular flexibility index (Phi) is 6.35. The molecule has 1 aromatic rings. The summed E-state index contributed by atoms with van der Waals surface area (Å²) in [5.74, 6) is -0.0172. The Morgan fingerprint density at radius 1 is 1.42 bits per heavy atom. The second-order valence-corrected chi connectivity index (χ2v) is 6.72. The number of amides is 1. The van der Waals surface area contributed by atoms with E-state index < -0.39 is 0 Å². The Labute approximate surface area is 126 Å². The molecule has 0 saturated carbocycles. The number of rotatable bonds is 6. The minimum atomic E-state index is -0.181. The van der Waals surface area contributed by atoms with Gasteiger partial charge < -0.3 is 9.64 Å². The summed E-state index contributed by atoms with van der Waals surface area (Å²) in [6.45, 7) is 7.83. The average molecular weight is 350 g/mol. The van der Waals surface area contributed by atoms with E-state index in [1.165, 1.54) is 0 Å². The Balaban J connectivity index is 2.93. The smallest absolute Gasteiger partial charge is 0.267 e. The lowest BCUT2D eigenvalue weighted by Gasteiger charge is -2.23. The Hall–Kier alpha value is -0.530. The molecule has 0 aliphatic carbocycles. The standard InChI is InChI=1S/C12H20BrN3O2S/c1-12(2,3)10-9(19-15-14-10)11(17)16(6-5-13)7-8-18-4/h5-8H2,1-4H3. The Bertz CT molecular complexity index is 417. The van der Waals surface area contributed by atoms with Crippen LogP contribution in [-0.4, -0.2) is 52.5 Å². The molecule has 1 amide bonds. The quantitative estimate of drug-likeness (QED) is 0.739. The van der Waals surface area contributed by atoms with E-state index >= 15 is 0 Å². The maximum absolute atomic E-state index is 12.5. The highest BCUT2D eigenvalue weighted by molar-refractivity contribution is 9.09. The van der Waals surface area contributed by atoms with Crippen LogP contribution < -0.4 is 0 Å². The van der Waals surface area contributed by atoms with Crippen LogP contribution in [-0.2, 0) is 10.2 Å². The molecule has 0 atom stereocenters. The molecule has 108 valence electrons. The molecule has 19 heavy (non-hydrogen) atoms. The summed E-state index contributed by atoms with van der Waals surface area (Å²) in [6.07, 6.45) is 0. The molecule has 0 aliphatic rings. The van der Waals surface area contributed by atoms with Gasteiger partial charge in [-0.05, 0) is 11.5 Å². The first-order chi connectivity index (χ1) is 8.91. The highest BCUT2D eigenvalue weighted by atomic mass is 79.9. The molecule has 5 nitrogen and oxygen atoms in total. The minimum absolute atomic E-state index is 0.0172. The largest absolute Gasteiger partial charge is 0.383 e. The summed E-state index contributed by atoms with van der Waals surface area (Å²) in [7, 11) is 1.63. The lowest BCUT2D eigenvalue weighted by molar-refractivity contribution is 0.0711. The van der Waals surface area contributed by atoms with Gasteiger partial charge in [0.25, 0.3) is 5.91 Å². The van der Waals surface area contributed by atoms with E-state index in [0.717, 1.165) is 22.6 Å². The lowest BCUT2D eigenvalue weighted by Crippen LogP contribution is -2.36. The van der Waals surface area contributed by atoms with Gasteiger partial charge in [0.1, 0.15) is 4.88 Å². The zero-order valence-electron chi connectivity index (χ0n) is 11.8. The first kappa shape index (κ1) is 16.5. The Morgan fingerprint density at radius 3 is 2.63 bits per heavy atom. The van der Waals surface area contributed by atoms with Gasteiger partial charge in [-0.3, -0.25) is 4.79 Å². The third-order valence-corrected chi connectivity index (χ3v) is 3.67. The van der Waals surface area contributed by atoms with Crippen LogP contribution in [0.4, 0.5) is 0 Å². The second-order valence-electron chi connectivity index (χ2n) is 5.17. The van der Waals surface area contributed by atoms with Crippen LogP contribution in [0.1, 0.15) is 36.1 Å². The summed E-state index contributed by atoms with van der Waals surface area (Å²) >= 11 is 4.53. The first-order valence-electron chi connectivity index (χ1n) is 6.08. The third kappa shape index (κ3) is 4.50. The molecule has 0 radical (unpaired) electrons. The van der Waals surface area contributed by atoms with Crippen molar-refractivity contribution in [3.05, 3.63) is 10.6 Å². The van der Waals surface area contributed by atoms with E-state index in [9.17, 15) is 4.79 Å². The highest BCUT2D eigenvalue weighted by Gasteiger charge is 2.28. The molecule has 7 heteroatoms. The fraction of sp³-hybridized carbons (Fsp3) is 0.750. The summed E-state index contributed by atoms with van der Waals surface area (Å²) in [4.78, 5) is 14.9. The van der Waals surface area contributed by atoms with Gasteiger partial charge in [0.15, 0.2) is 0 Å². The molecule has 0 aliphatic heterocycles. The van der Waals surface area contributed by atoms with Gasteiger partial charge in [-0.2, -0.15) is 0 Å². The van der Waals surface area contributed by atoms with Gasteiger partial charge >= 0.3 is 0 Å². The number of carbonyl (C=O) groups is 1. The van der Waals surface area contributed by atoms with Crippen molar-refractivity contribution >= 4 is 33.4 Å². The van der Waals surface area contributed by atoms with E-state index in [0.29, 0.717) is 24.6 Å². The van der Waals surface area contributed by atoms with Crippen molar-refractivity contribution in [2.24, 2.45) is 0 Å². The number of methoxy groups -OCH3 is 1. The van der Waals surface area contributed by atoms with Crippen molar-refractivity contribution < 1.29 is 9.53 Å². The molecule has 1 aromatic heterocycles. The van der Waals surface area contributed by atoms with E-state index in [2.05, 4.69) is 25.5 Å². The van der Waals surface area contributed by atoms with E-state index in [-0.39, 0.29) is 11.3 Å². The van der Waals surface area contributed by atoms with Crippen LogP contribution in [0.5, 0.6) is 0 Å². The topological polar surface area (TPSA) is 55.3 Å². The predicted octanol–water partition coefficient (Wildman–Crippen LogP) is 2.32. The number of carbonyl (C=O) groups excluding carboxylic acids is 1. The van der Waals surface area contributed by atoms with Crippen molar-refractivity contribution in [2.45, 2.75) is 26.2 Å². The second kappa shape index (κ2) is 7.31. The van der Waals surface area contributed by atoms with Gasteiger partial charge in [-0.1, -0.05) is 41.2 Å². The number of halogens is 1. The zero-order valence-corrected chi connectivity index (χ0v) is 14.2. The Morgan fingerprint density at radius 2 is 2.11 bits per heavy atom. The molecule has 0 N–H and O–H groups in total. The van der Waals surface area contributed by atoms with E-state index in [1.54, 1.807) is 12.0 Å². The van der Waals surface area contributed by atoms with E-state index in [1.807, 2.05) is 20.8 Å². The number of hydrogen-bond donors (Lipinski definition) is 0. The minimum Gasteiger partial charge on any atom is -0.383 e. The molecule has 0 aromatic carbocycles. The van der Waals surface area contributed by atoms with Crippen molar-refractivity contribution in [1.29, 1.82) is 0 Å². The molecule has 0 bridgehead atoms. The zero-order chi connectivity index (χ0) is 14.5. The lowest BCUT2D eigenvalue weighted by atomic mass is 9.91. The van der Waals surface area contributed by atoms with Crippen molar-refractivity contribution in [3.8, 4) is 0 Å². The van der Waals surface area contributed by atoms with Crippen molar-refractivity contribution in [2.75, 3.05) is 32.1 Å². The number of hydrogen-bond acceptors (Lipinski definition) is 5.